The fraction of sp³-hybridized carbons (Fsp3) is 0.625. The number of likely N-dealkylation sites (tertiary alicyclic amines) is 1. The summed E-state index contributed by atoms with van der Waals surface area (Å²) in [6, 6.07) is 6.52. The monoisotopic (exact) mass is 278 g/mol. The molecule has 2 rings (SSSR count). The van der Waals surface area contributed by atoms with Crippen LogP contribution in [0, 0.1) is 0 Å². The van der Waals surface area contributed by atoms with E-state index in [1.165, 1.54) is 12.8 Å². The first-order chi connectivity index (χ1) is 9.72. The SMILES string of the molecule is CCOc1ccc(OCC)c(NC2CCN(C)CC2)c1. The lowest BCUT2D eigenvalue weighted by molar-refractivity contribution is 0.263. The van der Waals surface area contributed by atoms with Gasteiger partial charge in [0.25, 0.3) is 0 Å². The zero-order valence-corrected chi connectivity index (χ0v) is 12.8. The molecule has 0 amide bonds. The average molecular weight is 278 g/mol. The van der Waals surface area contributed by atoms with Crippen molar-refractivity contribution in [2.75, 3.05) is 38.7 Å². The molecule has 0 atom stereocenters. The summed E-state index contributed by atoms with van der Waals surface area (Å²) in [5.41, 5.74) is 1.05. The molecule has 1 aliphatic heterocycles. The van der Waals surface area contributed by atoms with Crippen molar-refractivity contribution in [1.82, 2.24) is 4.90 Å². The third kappa shape index (κ3) is 4.04. The predicted molar refractivity (Wildman–Crippen MR) is 82.9 cm³/mol. The van der Waals surface area contributed by atoms with Crippen LogP contribution in [0.1, 0.15) is 26.7 Å². The zero-order valence-electron chi connectivity index (χ0n) is 12.8. The van der Waals surface area contributed by atoms with Gasteiger partial charge in [-0.2, -0.15) is 0 Å². The molecular formula is C16H26N2O2. The van der Waals surface area contributed by atoms with E-state index in [4.69, 9.17) is 9.47 Å². The molecule has 0 spiro atoms. The average Bonchev–Trinajstić information content (AvgIpc) is 2.45. The van der Waals surface area contributed by atoms with E-state index in [0.29, 0.717) is 19.3 Å². The Balaban J connectivity index is 2.08. The zero-order chi connectivity index (χ0) is 14.4. The van der Waals surface area contributed by atoms with Crippen LogP contribution in [0.15, 0.2) is 18.2 Å². The van der Waals surface area contributed by atoms with Gasteiger partial charge in [0.1, 0.15) is 11.5 Å². The van der Waals surface area contributed by atoms with Crippen molar-refractivity contribution in [2.45, 2.75) is 32.7 Å². The van der Waals surface area contributed by atoms with E-state index < -0.39 is 0 Å². The van der Waals surface area contributed by atoms with Crippen LogP contribution in [0.3, 0.4) is 0 Å². The van der Waals surface area contributed by atoms with Gasteiger partial charge in [-0.3, -0.25) is 0 Å². The molecule has 1 heterocycles. The number of nitrogens with zero attached hydrogens (tertiary/aromatic N) is 1. The molecule has 0 radical (unpaired) electrons. The second kappa shape index (κ2) is 7.39. The molecule has 1 N–H and O–H groups in total. The molecule has 1 aromatic carbocycles. The number of nitrogens with one attached hydrogen (secondary N) is 1. The Kier molecular flexibility index (Phi) is 5.53. The molecule has 4 heteroatoms. The Morgan fingerprint density at radius 3 is 2.50 bits per heavy atom. The van der Waals surface area contributed by atoms with Crippen molar-refractivity contribution in [3.8, 4) is 11.5 Å². The van der Waals surface area contributed by atoms with Crippen LogP contribution < -0.4 is 14.8 Å². The maximum atomic E-state index is 5.70. The van der Waals surface area contributed by atoms with Gasteiger partial charge in [0, 0.05) is 12.1 Å². The van der Waals surface area contributed by atoms with Crippen molar-refractivity contribution >= 4 is 5.69 Å². The third-order valence-electron chi connectivity index (χ3n) is 3.64. The molecule has 1 saturated heterocycles. The van der Waals surface area contributed by atoms with Gasteiger partial charge in [-0.1, -0.05) is 0 Å². The van der Waals surface area contributed by atoms with Crippen molar-refractivity contribution in [2.24, 2.45) is 0 Å². The van der Waals surface area contributed by atoms with Crippen LogP contribution in [0.4, 0.5) is 5.69 Å². The van der Waals surface area contributed by atoms with Gasteiger partial charge in [0.15, 0.2) is 0 Å². The normalized spacial score (nSPS) is 16.9. The van der Waals surface area contributed by atoms with E-state index in [1.54, 1.807) is 0 Å². The first kappa shape index (κ1) is 15.0. The highest BCUT2D eigenvalue weighted by molar-refractivity contribution is 5.60. The van der Waals surface area contributed by atoms with Crippen LogP contribution in [0.25, 0.3) is 0 Å². The largest absolute Gasteiger partial charge is 0.494 e. The highest BCUT2D eigenvalue weighted by Crippen LogP contribution is 2.31. The number of hydrogen-bond donors (Lipinski definition) is 1. The summed E-state index contributed by atoms with van der Waals surface area (Å²) in [5, 5.41) is 3.62. The lowest BCUT2D eigenvalue weighted by atomic mass is 10.1. The minimum Gasteiger partial charge on any atom is -0.494 e. The lowest BCUT2D eigenvalue weighted by Crippen LogP contribution is -2.36. The van der Waals surface area contributed by atoms with Gasteiger partial charge in [-0.25, -0.2) is 0 Å². The maximum Gasteiger partial charge on any atom is 0.142 e. The molecule has 0 aliphatic carbocycles. The fourth-order valence-electron chi connectivity index (χ4n) is 2.53. The van der Waals surface area contributed by atoms with Crippen LogP contribution in [-0.2, 0) is 0 Å². The molecule has 20 heavy (non-hydrogen) atoms. The highest BCUT2D eigenvalue weighted by atomic mass is 16.5. The van der Waals surface area contributed by atoms with E-state index in [2.05, 4.69) is 17.3 Å². The molecule has 1 aromatic rings. The topological polar surface area (TPSA) is 33.7 Å². The number of hydrogen-bond acceptors (Lipinski definition) is 4. The summed E-state index contributed by atoms with van der Waals surface area (Å²) in [6.45, 7) is 7.66. The van der Waals surface area contributed by atoms with Crippen LogP contribution in [0.5, 0.6) is 11.5 Å². The minimum atomic E-state index is 0.516. The van der Waals surface area contributed by atoms with Gasteiger partial charge in [0.05, 0.1) is 18.9 Å². The molecular weight excluding hydrogens is 252 g/mol. The quantitative estimate of drug-likeness (QED) is 0.867. The van der Waals surface area contributed by atoms with Crippen molar-refractivity contribution in [3.05, 3.63) is 18.2 Å². The molecule has 1 fully saturated rings. The molecule has 0 aromatic heterocycles. The van der Waals surface area contributed by atoms with E-state index in [-0.39, 0.29) is 0 Å². The van der Waals surface area contributed by atoms with Crippen molar-refractivity contribution < 1.29 is 9.47 Å². The molecule has 0 saturated carbocycles. The Morgan fingerprint density at radius 2 is 1.85 bits per heavy atom. The summed E-state index contributed by atoms with van der Waals surface area (Å²) in [5.74, 6) is 1.81. The van der Waals surface area contributed by atoms with E-state index in [9.17, 15) is 0 Å². The van der Waals surface area contributed by atoms with E-state index >= 15 is 0 Å². The second-order valence-electron chi connectivity index (χ2n) is 5.25. The summed E-state index contributed by atoms with van der Waals surface area (Å²) in [7, 11) is 2.18. The first-order valence-corrected chi connectivity index (χ1v) is 7.57. The number of benzene rings is 1. The Hall–Kier alpha value is -1.42. The summed E-state index contributed by atoms with van der Waals surface area (Å²) >= 11 is 0. The number of rotatable bonds is 6. The van der Waals surface area contributed by atoms with Crippen molar-refractivity contribution in [3.63, 3.8) is 0 Å². The Bertz CT molecular complexity index is 415. The Labute approximate surface area is 122 Å². The van der Waals surface area contributed by atoms with Crippen LogP contribution in [-0.4, -0.2) is 44.3 Å². The van der Waals surface area contributed by atoms with Gasteiger partial charge < -0.3 is 19.7 Å². The van der Waals surface area contributed by atoms with Crippen molar-refractivity contribution in [1.29, 1.82) is 0 Å². The number of ether oxygens (including phenoxy) is 2. The molecule has 0 unspecified atom stereocenters. The maximum absolute atomic E-state index is 5.70. The lowest BCUT2D eigenvalue weighted by Gasteiger charge is -2.30. The van der Waals surface area contributed by atoms with Gasteiger partial charge in [0.2, 0.25) is 0 Å². The van der Waals surface area contributed by atoms with Gasteiger partial charge >= 0.3 is 0 Å². The molecule has 1 aliphatic rings. The van der Waals surface area contributed by atoms with Crippen LogP contribution >= 0.6 is 0 Å². The molecule has 4 nitrogen and oxygen atoms in total. The number of piperidine rings is 1. The predicted octanol–water partition coefficient (Wildman–Crippen LogP) is 2.99. The second-order valence-corrected chi connectivity index (χ2v) is 5.25. The third-order valence-corrected chi connectivity index (χ3v) is 3.64. The molecule has 0 bridgehead atoms. The fourth-order valence-corrected chi connectivity index (χ4v) is 2.53. The summed E-state index contributed by atoms with van der Waals surface area (Å²) in [6.07, 6.45) is 2.34. The first-order valence-electron chi connectivity index (χ1n) is 7.57. The molecule has 112 valence electrons. The number of anilines is 1. The summed E-state index contributed by atoms with van der Waals surface area (Å²) < 4.78 is 11.3. The van der Waals surface area contributed by atoms with Gasteiger partial charge in [-0.15, -0.1) is 0 Å². The van der Waals surface area contributed by atoms with E-state index in [0.717, 1.165) is 30.3 Å². The standard InChI is InChI=1S/C16H26N2O2/c1-4-19-14-6-7-16(20-5-2)15(12-14)17-13-8-10-18(3)11-9-13/h6-7,12-13,17H,4-5,8-11H2,1-3H3. The summed E-state index contributed by atoms with van der Waals surface area (Å²) in [4.78, 5) is 2.37. The highest BCUT2D eigenvalue weighted by Gasteiger charge is 2.18. The Morgan fingerprint density at radius 1 is 1.15 bits per heavy atom. The van der Waals surface area contributed by atoms with E-state index in [1.807, 2.05) is 32.0 Å². The van der Waals surface area contributed by atoms with Gasteiger partial charge in [-0.05, 0) is 59.0 Å². The smallest absolute Gasteiger partial charge is 0.142 e. The minimum absolute atomic E-state index is 0.516. The van der Waals surface area contributed by atoms with Crippen LogP contribution in [0.2, 0.25) is 0 Å².